The highest BCUT2D eigenvalue weighted by Gasteiger charge is 2.39. The summed E-state index contributed by atoms with van der Waals surface area (Å²) in [6, 6.07) is 10.4. The van der Waals surface area contributed by atoms with E-state index >= 15 is 0 Å². The summed E-state index contributed by atoms with van der Waals surface area (Å²) in [6.07, 6.45) is 9.16. The van der Waals surface area contributed by atoms with Gasteiger partial charge in [0.15, 0.2) is 11.0 Å². The molecule has 0 radical (unpaired) electrons. The number of benzene rings is 1. The summed E-state index contributed by atoms with van der Waals surface area (Å²) in [6.45, 7) is 0. The third kappa shape index (κ3) is 4.47. The van der Waals surface area contributed by atoms with Gasteiger partial charge in [0.05, 0.1) is 16.8 Å². The van der Waals surface area contributed by atoms with Gasteiger partial charge in [-0.1, -0.05) is 67.6 Å². The fourth-order valence-electron chi connectivity index (χ4n) is 4.81. The van der Waals surface area contributed by atoms with E-state index in [9.17, 15) is 10.1 Å². The number of aromatic nitrogens is 3. The van der Waals surface area contributed by atoms with Crippen molar-refractivity contribution in [1.29, 1.82) is 5.26 Å². The summed E-state index contributed by atoms with van der Waals surface area (Å²) in [5.41, 5.74) is 0.196. The molecule has 0 spiro atoms. The monoisotopic (exact) mass is 457 g/mol. The van der Waals surface area contributed by atoms with Crippen LogP contribution in [0.25, 0.3) is 11.4 Å². The first-order chi connectivity index (χ1) is 15.1. The molecule has 0 saturated heterocycles. The highest BCUT2D eigenvalue weighted by Crippen LogP contribution is 2.38. The number of hydrogen-bond acceptors (Lipinski definition) is 5. The lowest BCUT2D eigenvalue weighted by Gasteiger charge is -2.39. The molecule has 2 aliphatic rings. The number of thioether (sulfide) groups is 1. The maximum atomic E-state index is 13.0. The fraction of sp³-hybridized carbons (Fsp3) is 0.565. The summed E-state index contributed by atoms with van der Waals surface area (Å²) < 4.78 is 2.17. The standard InChI is InChI=1S/C23H28ClN5OS/c1-28(23(16-25)13-7-2-8-14-23)20(30)15-31-22-27-26-21(18-11-5-6-12-19(18)24)29(22)17-9-3-4-10-17/h5-6,11-12,17H,2-4,7-10,13-15H2,1H3. The number of carbonyl (C=O) groups is 1. The highest BCUT2D eigenvalue weighted by molar-refractivity contribution is 7.99. The Balaban J connectivity index is 1.55. The summed E-state index contributed by atoms with van der Waals surface area (Å²) in [5.74, 6) is 0.975. The summed E-state index contributed by atoms with van der Waals surface area (Å²) in [5, 5.41) is 20.1. The fourth-order valence-corrected chi connectivity index (χ4v) is 5.95. The Bertz CT molecular complexity index is 973. The second-order valence-electron chi connectivity index (χ2n) is 8.54. The quantitative estimate of drug-likeness (QED) is 0.536. The zero-order valence-corrected chi connectivity index (χ0v) is 19.5. The second kappa shape index (κ2) is 9.62. The van der Waals surface area contributed by atoms with Gasteiger partial charge in [-0.3, -0.25) is 9.36 Å². The van der Waals surface area contributed by atoms with Gasteiger partial charge in [-0.15, -0.1) is 10.2 Å². The van der Waals surface area contributed by atoms with Crippen LogP contribution in [0.2, 0.25) is 5.02 Å². The molecule has 0 atom stereocenters. The van der Waals surface area contributed by atoms with Crippen molar-refractivity contribution in [2.75, 3.05) is 12.8 Å². The van der Waals surface area contributed by atoms with E-state index in [1.807, 2.05) is 24.3 Å². The number of carbonyl (C=O) groups excluding carboxylic acids is 1. The molecule has 1 amide bonds. The molecule has 8 heteroatoms. The highest BCUT2D eigenvalue weighted by atomic mass is 35.5. The Labute approximate surface area is 193 Å². The van der Waals surface area contributed by atoms with Crippen LogP contribution < -0.4 is 0 Å². The average molecular weight is 458 g/mol. The molecule has 0 N–H and O–H groups in total. The van der Waals surface area contributed by atoms with Crippen molar-refractivity contribution in [2.24, 2.45) is 0 Å². The molecule has 0 unspecified atom stereocenters. The minimum atomic E-state index is -0.669. The summed E-state index contributed by atoms with van der Waals surface area (Å²) >= 11 is 7.86. The lowest BCUT2D eigenvalue weighted by atomic mass is 9.81. The number of amides is 1. The topological polar surface area (TPSA) is 74.8 Å². The Morgan fingerprint density at radius 3 is 2.61 bits per heavy atom. The van der Waals surface area contributed by atoms with Gasteiger partial charge in [0, 0.05) is 18.7 Å². The zero-order valence-electron chi connectivity index (χ0n) is 17.9. The molecule has 4 rings (SSSR count). The molecule has 1 aromatic heterocycles. The molecule has 2 aromatic rings. The third-order valence-electron chi connectivity index (χ3n) is 6.70. The van der Waals surface area contributed by atoms with Crippen molar-refractivity contribution in [2.45, 2.75) is 74.5 Å². The van der Waals surface area contributed by atoms with Gasteiger partial charge >= 0.3 is 0 Å². The van der Waals surface area contributed by atoms with Crippen molar-refractivity contribution in [3.8, 4) is 17.5 Å². The van der Waals surface area contributed by atoms with Crippen molar-refractivity contribution in [3.05, 3.63) is 29.3 Å². The summed E-state index contributed by atoms with van der Waals surface area (Å²) in [4.78, 5) is 14.7. The van der Waals surface area contributed by atoms with E-state index in [0.29, 0.717) is 11.1 Å². The molecule has 31 heavy (non-hydrogen) atoms. The molecule has 1 aromatic carbocycles. The lowest BCUT2D eigenvalue weighted by molar-refractivity contribution is -0.131. The number of hydrogen-bond donors (Lipinski definition) is 0. The number of nitrogens with zero attached hydrogens (tertiary/aromatic N) is 5. The maximum Gasteiger partial charge on any atom is 0.234 e. The van der Waals surface area contributed by atoms with E-state index < -0.39 is 5.54 Å². The van der Waals surface area contributed by atoms with Crippen LogP contribution in [0.3, 0.4) is 0 Å². The number of halogens is 1. The SMILES string of the molecule is CN(C(=O)CSc1nnc(-c2ccccc2Cl)n1C1CCCC1)C1(C#N)CCCCC1. The predicted molar refractivity (Wildman–Crippen MR) is 123 cm³/mol. The molecule has 2 fully saturated rings. The van der Waals surface area contributed by atoms with Crippen molar-refractivity contribution >= 4 is 29.3 Å². The van der Waals surface area contributed by atoms with E-state index in [1.54, 1.807) is 11.9 Å². The first-order valence-corrected chi connectivity index (χ1v) is 12.4. The van der Waals surface area contributed by atoms with E-state index in [4.69, 9.17) is 11.6 Å². The van der Waals surface area contributed by atoms with Gasteiger partial charge in [0.1, 0.15) is 5.54 Å². The Kier molecular flexibility index (Phi) is 6.88. The zero-order chi connectivity index (χ0) is 21.8. The van der Waals surface area contributed by atoms with Gasteiger partial charge in [0.25, 0.3) is 0 Å². The Morgan fingerprint density at radius 2 is 1.94 bits per heavy atom. The van der Waals surface area contributed by atoms with Gasteiger partial charge in [0.2, 0.25) is 5.91 Å². The van der Waals surface area contributed by atoms with Gasteiger partial charge in [-0.05, 0) is 37.8 Å². The van der Waals surface area contributed by atoms with E-state index in [-0.39, 0.29) is 11.7 Å². The first kappa shape index (κ1) is 22.2. The summed E-state index contributed by atoms with van der Waals surface area (Å²) in [7, 11) is 1.77. The average Bonchev–Trinajstić information content (AvgIpc) is 3.47. The van der Waals surface area contributed by atoms with Crippen molar-refractivity contribution < 1.29 is 4.79 Å². The predicted octanol–water partition coefficient (Wildman–Crippen LogP) is 5.49. The molecule has 1 heterocycles. The minimum absolute atomic E-state index is 0.0336. The molecule has 0 bridgehead atoms. The Hall–Kier alpha value is -2.04. The normalized spacial score (nSPS) is 18.6. The van der Waals surface area contributed by atoms with Gasteiger partial charge in [-0.2, -0.15) is 5.26 Å². The second-order valence-corrected chi connectivity index (χ2v) is 9.89. The van der Waals surface area contributed by atoms with Crippen LogP contribution in [0.4, 0.5) is 0 Å². The van der Waals surface area contributed by atoms with Gasteiger partial charge in [-0.25, -0.2) is 0 Å². The minimum Gasteiger partial charge on any atom is -0.326 e. The molecule has 2 saturated carbocycles. The van der Waals surface area contributed by atoms with E-state index in [2.05, 4.69) is 20.8 Å². The smallest absolute Gasteiger partial charge is 0.234 e. The maximum absolute atomic E-state index is 13.0. The van der Waals surface area contributed by atoms with Crippen LogP contribution in [-0.2, 0) is 4.79 Å². The van der Waals surface area contributed by atoms with Crippen LogP contribution in [-0.4, -0.2) is 43.9 Å². The molecule has 6 nitrogen and oxygen atoms in total. The van der Waals surface area contributed by atoms with Crippen LogP contribution in [0.1, 0.15) is 63.8 Å². The van der Waals surface area contributed by atoms with Crippen LogP contribution in [0.15, 0.2) is 29.4 Å². The van der Waals surface area contributed by atoms with Crippen LogP contribution in [0.5, 0.6) is 0 Å². The molecular weight excluding hydrogens is 430 g/mol. The van der Waals surface area contributed by atoms with Crippen molar-refractivity contribution in [3.63, 3.8) is 0 Å². The molecular formula is C23H28ClN5OS. The van der Waals surface area contributed by atoms with E-state index in [1.165, 1.54) is 24.6 Å². The molecule has 0 aliphatic heterocycles. The Morgan fingerprint density at radius 1 is 1.23 bits per heavy atom. The number of rotatable bonds is 6. The van der Waals surface area contributed by atoms with E-state index in [0.717, 1.165) is 61.5 Å². The van der Waals surface area contributed by atoms with Crippen LogP contribution >= 0.6 is 23.4 Å². The first-order valence-electron chi connectivity index (χ1n) is 11.1. The molecule has 2 aliphatic carbocycles. The largest absolute Gasteiger partial charge is 0.326 e. The number of nitriles is 1. The van der Waals surface area contributed by atoms with Crippen molar-refractivity contribution in [1.82, 2.24) is 19.7 Å². The van der Waals surface area contributed by atoms with Gasteiger partial charge < -0.3 is 4.90 Å². The van der Waals surface area contributed by atoms with Crippen LogP contribution in [0, 0.1) is 11.3 Å². The third-order valence-corrected chi connectivity index (χ3v) is 7.96. The molecule has 164 valence electrons. The lowest BCUT2D eigenvalue weighted by Crippen LogP contribution is -2.50.